The second-order valence-corrected chi connectivity index (χ2v) is 6.84. The average Bonchev–Trinajstić information content (AvgIpc) is 2.78. The van der Waals surface area contributed by atoms with Crippen LogP contribution in [0.1, 0.15) is 15.9 Å². The SMILES string of the molecule is O=Cc1ccc(O[C@H]2O[C@H](CO)[C@@H](O)[C@H](OC(=O)C=Cc3ccc(O)cc3)[C@H]2O)cc1. The molecule has 0 bridgehead atoms. The molecule has 5 atom stereocenters. The van der Waals surface area contributed by atoms with Crippen molar-refractivity contribution in [1.29, 1.82) is 0 Å². The minimum Gasteiger partial charge on any atom is -0.508 e. The van der Waals surface area contributed by atoms with Gasteiger partial charge < -0.3 is 34.6 Å². The number of rotatable bonds is 7. The Morgan fingerprint density at radius 3 is 2.26 bits per heavy atom. The van der Waals surface area contributed by atoms with Crippen molar-refractivity contribution in [3.8, 4) is 11.5 Å². The standard InChI is InChI=1S/C22H22O9/c23-11-14-3-8-16(9-4-14)29-22-20(28)21(19(27)17(12-24)30-22)31-18(26)10-5-13-1-6-15(25)7-2-13/h1-11,17,19-22,24-25,27-28H,12H2/t17-,19-,20-,21+,22+/m1/s1. The summed E-state index contributed by atoms with van der Waals surface area (Å²) in [4.78, 5) is 23.0. The first-order valence-electron chi connectivity index (χ1n) is 9.43. The number of aromatic hydroxyl groups is 1. The number of aliphatic hydroxyl groups excluding tert-OH is 3. The second kappa shape index (κ2) is 10.2. The quantitative estimate of drug-likeness (QED) is 0.283. The summed E-state index contributed by atoms with van der Waals surface area (Å²) in [7, 11) is 0. The van der Waals surface area contributed by atoms with Gasteiger partial charge in [-0.05, 0) is 48.0 Å². The van der Waals surface area contributed by atoms with Gasteiger partial charge in [0.05, 0.1) is 6.61 Å². The van der Waals surface area contributed by atoms with Gasteiger partial charge in [-0.1, -0.05) is 12.1 Å². The van der Waals surface area contributed by atoms with E-state index in [9.17, 15) is 30.0 Å². The summed E-state index contributed by atoms with van der Waals surface area (Å²) in [5, 5.41) is 39.7. The number of aldehydes is 1. The van der Waals surface area contributed by atoms with Crippen molar-refractivity contribution in [2.24, 2.45) is 0 Å². The predicted molar refractivity (Wildman–Crippen MR) is 107 cm³/mol. The number of hydrogen-bond acceptors (Lipinski definition) is 9. The molecule has 0 unspecified atom stereocenters. The molecule has 1 heterocycles. The Morgan fingerprint density at radius 2 is 1.65 bits per heavy atom. The molecule has 0 spiro atoms. The maximum Gasteiger partial charge on any atom is 0.331 e. The lowest BCUT2D eigenvalue weighted by Crippen LogP contribution is -2.61. The van der Waals surface area contributed by atoms with Crippen molar-refractivity contribution in [2.75, 3.05) is 6.61 Å². The van der Waals surface area contributed by atoms with E-state index in [0.717, 1.165) is 6.08 Å². The number of esters is 1. The number of hydrogen-bond donors (Lipinski definition) is 4. The summed E-state index contributed by atoms with van der Waals surface area (Å²) < 4.78 is 16.2. The number of carbonyl (C=O) groups is 2. The van der Waals surface area contributed by atoms with Crippen molar-refractivity contribution in [3.63, 3.8) is 0 Å². The van der Waals surface area contributed by atoms with E-state index in [0.29, 0.717) is 17.4 Å². The summed E-state index contributed by atoms with van der Waals surface area (Å²) in [5.74, 6) is -0.501. The van der Waals surface area contributed by atoms with Crippen molar-refractivity contribution in [2.45, 2.75) is 30.7 Å². The van der Waals surface area contributed by atoms with E-state index in [-0.39, 0.29) is 11.5 Å². The molecule has 2 aromatic rings. The lowest BCUT2D eigenvalue weighted by atomic mass is 9.99. The topological polar surface area (TPSA) is 143 Å². The van der Waals surface area contributed by atoms with Crippen molar-refractivity contribution in [3.05, 3.63) is 65.7 Å². The molecule has 1 aliphatic heterocycles. The summed E-state index contributed by atoms with van der Waals surface area (Å²) in [5.41, 5.74) is 1.05. The van der Waals surface area contributed by atoms with E-state index in [1.54, 1.807) is 12.1 Å². The second-order valence-electron chi connectivity index (χ2n) is 6.84. The molecule has 0 aromatic heterocycles. The zero-order valence-corrected chi connectivity index (χ0v) is 16.3. The normalized spacial score (nSPS) is 25.8. The summed E-state index contributed by atoms with van der Waals surface area (Å²) in [6, 6.07) is 12.0. The lowest BCUT2D eigenvalue weighted by Gasteiger charge is -2.41. The van der Waals surface area contributed by atoms with Crippen molar-refractivity contribution in [1.82, 2.24) is 0 Å². The van der Waals surface area contributed by atoms with Crippen LogP contribution in [0.5, 0.6) is 11.5 Å². The van der Waals surface area contributed by atoms with Crippen LogP contribution in [0.4, 0.5) is 0 Å². The first-order chi connectivity index (χ1) is 14.9. The first-order valence-corrected chi connectivity index (χ1v) is 9.43. The minimum atomic E-state index is -1.56. The van der Waals surface area contributed by atoms with Gasteiger partial charge in [0, 0.05) is 11.6 Å². The lowest BCUT2D eigenvalue weighted by molar-refractivity contribution is -0.280. The van der Waals surface area contributed by atoms with Gasteiger partial charge in [-0.15, -0.1) is 0 Å². The van der Waals surface area contributed by atoms with E-state index < -0.39 is 43.3 Å². The number of phenolic OH excluding ortho intramolecular Hbond substituents is 1. The van der Waals surface area contributed by atoms with Gasteiger partial charge >= 0.3 is 5.97 Å². The highest BCUT2D eigenvalue weighted by atomic mass is 16.7. The fourth-order valence-corrected chi connectivity index (χ4v) is 2.97. The molecular weight excluding hydrogens is 408 g/mol. The van der Waals surface area contributed by atoms with Crippen molar-refractivity contribution >= 4 is 18.3 Å². The van der Waals surface area contributed by atoms with Gasteiger partial charge in [0.2, 0.25) is 6.29 Å². The monoisotopic (exact) mass is 430 g/mol. The molecule has 1 fully saturated rings. The van der Waals surface area contributed by atoms with Crippen LogP contribution < -0.4 is 4.74 Å². The molecule has 1 saturated heterocycles. The molecule has 9 heteroatoms. The Labute approximate surface area is 177 Å². The van der Waals surface area contributed by atoms with E-state index in [1.165, 1.54) is 42.5 Å². The molecule has 31 heavy (non-hydrogen) atoms. The first kappa shape index (κ1) is 22.4. The number of benzene rings is 2. The van der Waals surface area contributed by atoms with Gasteiger partial charge in [-0.3, -0.25) is 4.79 Å². The number of aliphatic hydroxyl groups is 3. The summed E-state index contributed by atoms with van der Waals surface area (Å²) in [6.07, 6.45) is -3.80. The zero-order valence-electron chi connectivity index (χ0n) is 16.3. The Morgan fingerprint density at radius 1 is 1.00 bits per heavy atom. The van der Waals surface area contributed by atoms with Crippen molar-refractivity contribution < 1.29 is 44.2 Å². The molecule has 0 saturated carbocycles. The van der Waals surface area contributed by atoms with Crippen LogP contribution in [-0.4, -0.2) is 70.0 Å². The van der Waals surface area contributed by atoms with Gasteiger partial charge in [0.25, 0.3) is 0 Å². The Bertz CT molecular complexity index is 908. The molecular formula is C22H22O9. The smallest absolute Gasteiger partial charge is 0.331 e. The summed E-state index contributed by atoms with van der Waals surface area (Å²) in [6.45, 7) is -0.602. The van der Waals surface area contributed by atoms with Gasteiger partial charge in [0.15, 0.2) is 12.2 Å². The van der Waals surface area contributed by atoms with Crippen LogP contribution in [0.25, 0.3) is 6.08 Å². The highest BCUT2D eigenvalue weighted by Gasteiger charge is 2.47. The van der Waals surface area contributed by atoms with E-state index in [4.69, 9.17) is 14.2 Å². The van der Waals surface area contributed by atoms with E-state index in [1.807, 2.05) is 0 Å². The molecule has 164 valence electrons. The third kappa shape index (κ3) is 5.68. The van der Waals surface area contributed by atoms with Gasteiger partial charge in [0.1, 0.15) is 30.0 Å². The van der Waals surface area contributed by atoms with Crippen LogP contribution in [0.3, 0.4) is 0 Å². The highest BCUT2D eigenvalue weighted by Crippen LogP contribution is 2.26. The van der Waals surface area contributed by atoms with Crippen LogP contribution >= 0.6 is 0 Å². The van der Waals surface area contributed by atoms with E-state index >= 15 is 0 Å². The third-order valence-electron chi connectivity index (χ3n) is 4.65. The Hall–Kier alpha value is -3.24. The molecule has 9 nitrogen and oxygen atoms in total. The van der Waals surface area contributed by atoms with Gasteiger partial charge in [-0.25, -0.2) is 4.79 Å². The molecule has 0 aliphatic carbocycles. The zero-order chi connectivity index (χ0) is 22.4. The molecule has 2 aromatic carbocycles. The fourth-order valence-electron chi connectivity index (χ4n) is 2.97. The van der Waals surface area contributed by atoms with E-state index in [2.05, 4.69) is 0 Å². The van der Waals surface area contributed by atoms with Crippen LogP contribution in [0.2, 0.25) is 0 Å². The number of phenols is 1. The molecule has 3 rings (SSSR count). The third-order valence-corrected chi connectivity index (χ3v) is 4.65. The maximum atomic E-state index is 12.2. The summed E-state index contributed by atoms with van der Waals surface area (Å²) >= 11 is 0. The fraction of sp³-hybridized carbons (Fsp3) is 0.273. The van der Waals surface area contributed by atoms with Crippen LogP contribution in [0, 0.1) is 0 Å². The number of carbonyl (C=O) groups excluding carboxylic acids is 2. The molecule has 0 radical (unpaired) electrons. The maximum absolute atomic E-state index is 12.2. The number of ether oxygens (including phenoxy) is 3. The van der Waals surface area contributed by atoms with Crippen LogP contribution in [0.15, 0.2) is 54.6 Å². The molecule has 4 N–H and O–H groups in total. The predicted octanol–water partition coefficient (Wildman–Crippen LogP) is 0.648. The Balaban J connectivity index is 1.69. The highest BCUT2D eigenvalue weighted by molar-refractivity contribution is 5.87. The van der Waals surface area contributed by atoms with Gasteiger partial charge in [-0.2, -0.15) is 0 Å². The van der Waals surface area contributed by atoms with Crippen LogP contribution in [-0.2, 0) is 14.3 Å². The Kier molecular flexibility index (Phi) is 7.37. The average molecular weight is 430 g/mol. The molecule has 0 amide bonds. The minimum absolute atomic E-state index is 0.0788. The molecule has 1 aliphatic rings. The largest absolute Gasteiger partial charge is 0.508 e.